The highest BCUT2D eigenvalue weighted by atomic mass is 32.2. The molecule has 2 aliphatic rings. The minimum absolute atomic E-state index is 0.200. The van der Waals surface area contributed by atoms with Crippen molar-refractivity contribution in [1.29, 1.82) is 0 Å². The number of hydrogen-bond acceptors (Lipinski definition) is 6. The SMILES string of the molecule is CCNC1(C(=O)OC)CCC(N2CCCS(=O)(=O)CC2)C1. The zero-order valence-electron chi connectivity index (χ0n) is 12.9. The van der Waals surface area contributed by atoms with E-state index < -0.39 is 15.4 Å². The van der Waals surface area contributed by atoms with Crippen LogP contribution < -0.4 is 5.32 Å². The number of ether oxygens (including phenoxy) is 1. The molecule has 0 amide bonds. The van der Waals surface area contributed by atoms with E-state index in [9.17, 15) is 13.2 Å². The lowest BCUT2D eigenvalue weighted by Crippen LogP contribution is -2.52. The predicted molar refractivity (Wildman–Crippen MR) is 80.9 cm³/mol. The van der Waals surface area contributed by atoms with E-state index >= 15 is 0 Å². The molecule has 2 atom stereocenters. The third-order valence-electron chi connectivity index (χ3n) is 4.69. The number of hydrogen-bond donors (Lipinski definition) is 1. The number of nitrogens with one attached hydrogen (secondary N) is 1. The molecule has 0 radical (unpaired) electrons. The van der Waals surface area contributed by atoms with Gasteiger partial charge in [-0.05, 0) is 38.8 Å². The van der Waals surface area contributed by atoms with E-state index in [1.165, 1.54) is 7.11 Å². The van der Waals surface area contributed by atoms with Crippen molar-refractivity contribution in [1.82, 2.24) is 10.2 Å². The lowest BCUT2D eigenvalue weighted by atomic mass is 9.97. The van der Waals surface area contributed by atoms with Crippen LogP contribution >= 0.6 is 0 Å². The van der Waals surface area contributed by atoms with E-state index in [0.717, 1.165) is 25.9 Å². The number of carbonyl (C=O) groups excluding carboxylic acids is 1. The Morgan fingerprint density at radius 3 is 2.81 bits per heavy atom. The Balaban J connectivity index is 2.05. The summed E-state index contributed by atoms with van der Waals surface area (Å²) in [5, 5.41) is 3.29. The summed E-state index contributed by atoms with van der Waals surface area (Å²) in [7, 11) is -1.47. The molecule has 1 aliphatic carbocycles. The summed E-state index contributed by atoms with van der Waals surface area (Å²) in [6, 6.07) is 0.261. The molecular weight excluding hydrogens is 292 g/mol. The van der Waals surface area contributed by atoms with E-state index in [-0.39, 0.29) is 23.5 Å². The van der Waals surface area contributed by atoms with Crippen LogP contribution in [0.1, 0.15) is 32.6 Å². The van der Waals surface area contributed by atoms with Crippen molar-refractivity contribution in [3.8, 4) is 0 Å². The number of nitrogens with zero attached hydrogens (tertiary/aromatic N) is 1. The van der Waals surface area contributed by atoms with Gasteiger partial charge in [-0.3, -0.25) is 9.69 Å². The minimum atomic E-state index is -2.89. The topological polar surface area (TPSA) is 75.7 Å². The van der Waals surface area contributed by atoms with E-state index in [1.54, 1.807) is 0 Å². The molecule has 2 rings (SSSR count). The molecular formula is C14H26N2O4S. The molecule has 1 saturated carbocycles. The molecule has 0 aromatic heterocycles. The molecule has 7 heteroatoms. The van der Waals surface area contributed by atoms with Crippen LogP contribution in [0, 0.1) is 0 Å². The maximum atomic E-state index is 12.1. The molecule has 122 valence electrons. The Bertz CT molecular complexity index is 479. The Hall–Kier alpha value is -0.660. The molecule has 0 bridgehead atoms. The summed E-state index contributed by atoms with van der Waals surface area (Å²) >= 11 is 0. The molecule has 1 N–H and O–H groups in total. The van der Waals surface area contributed by atoms with Gasteiger partial charge in [0.25, 0.3) is 0 Å². The average molecular weight is 318 g/mol. The Morgan fingerprint density at radius 1 is 1.38 bits per heavy atom. The van der Waals surface area contributed by atoms with Crippen molar-refractivity contribution in [3.63, 3.8) is 0 Å². The van der Waals surface area contributed by atoms with Crippen molar-refractivity contribution in [2.45, 2.75) is 44.2 Å². The number of rotatable bonds is 4. The zero-order chi connectivity index (χ0) is 15.5. The molecule has 1 aliphatic heterocycles. The summed E-state index contributed by atoms with van der Waals surface area (Å²) in [5.41, 5.74) is -0.598. The lowest BCUT2D eigenvalue weighted by molar-refractivity contribution is -0.148. The first kappa shape index (κ1) is 16.7. The predicted octanol–water partition coefficient (Wildman–Crippen LogP) is 0.181. The smallest absolute Gasteiger partial charge is 0.326 e. The van der Waals surface area contributed by atoms with Crippen molar-refractivity contribution in [2.75, 3.05) is 38.2 Å². The lowest BCUT2D eigenvalue weighted by Gasteiger charge is -2.30. The van der Waals surface area contributed by atoms with Gasteiger partial charge >= 0.3 is 5.97 Å². The number of esters is 1. The van der Waals surface area contributed by atoms with Crippen LogP contribution in [0.25, 0.3) is 0 Å². The van der Waals surface area contributed by atoms with Crippen LogP contribution in [0.15, 0.2) is 0 Å². The van der Waals surface area contributed by atoms with Crippen molar-refractivity contribution < 1.29 is 17.9 Å². The van der Waals surface area contributed by atoms with Crippen LogP contribution in [-0.4, -0.2) is 69.1 Å². The molecule has 2 fully saturated rings. The van der Waals surface area contributed by atoms with Gasteiger partial charge in [-0.1, -0.05) is 6.92 Å². The second kappa shape index (κ2) is 6.62. The van der Waals surface area contributed by atoms with Crippen LogP contribution in [0.2, 0.25) is 0 Å². The van der Waals surface area contributed by atoms with Crippen molar-refractivity contribution in [3.05, 3.63) is 0 Å². The third kappa shape index (κ3) is 3.76. The maximum absolute atomic E-state index is 12.1. The first-order valence-corrected chi connectivity index (χ1v) is 9.52. The summed E-state index contributed by atoms with van der Waals surface area (Å²) < 4.78 is 28.4. The normalized spacial score (nSPS) is 33.5. The largest absolute Gasteiger partial charge is 0.468 e. The molecule has 0 aromatic rings. The highest BCUT2D eigenvalue weighted by molar-refractivity contribution is 7.91. The summed E-state index contributed by atoms with van der Waals surface area (Å²) in [4.78, 5) is 14.4. The van der Waals surface area contributed by atoms with Gasteiger partial charge in [-0.2, -0.15) is 0 Å². The van der Waals surface area contributed by atoms with E-state index in [1.807, 2.05) is 6.92 Å². The standard InChI is InChI=1S/C14H26N2O4S/c1-3-15-14(13(17)20-2)6-5-12(11-14)16-7-4-9-21(18,19)10-8-16/h12,15H,3-11H2,1-2H3. The highest BCUT2D eigenvalue weighted by Crippen LogP contribution is 2.34. The fourth-order valence-corrected chi connectivity index (χ4v) is 4.89. The maximum Gasteiger partial charge on any atom is 0.326 e. The molecule has 1 saturated heterocycles. The minimum Gasteiger partial charge on any atom is -0.468 e. The number of carbonyl (C=O) groups is 1. The van der Waals surface area contributed by atoms with Gasteiger partial charge in [0, 0.05) is 12.6 Å². The molecule has 0 aromatic carbocycles. The molecule has 6 nitrogen and oxygen atoms in total. The highest BCUT2D eigenvalue weighted by Gasteiger charge is 2.47. The number of sulfone groups is 1. The van der Waals surface area contributed by atoms with Gasteiger partial charge in [0.15, 0.2) is 9.84 Å². The van der Waals surface area contributed by atoms with Crippen LogP contribution in [0.5, 0.6) is 0 Å². The second-order valence-electron chi connectivity index (χ2n) is 6.04. The monoisotopic (exact) mass is 318 g/mol. The first-order chi connectivity index (χ1) is 9.92. The summed E-state index contributed by atoms with van der Waals surface area (Å²) in [6.45, 7) is 4.08. The first-order valence-electron chi connectivity index (χ1n) is 7.70. The summed E-state index contributed by atoms with van der Waals surface area (Å²) in [5.74, 6) is 0.316. The molecule has 21 heavy (non-hydrogen) atoms. The Morgan fingerprint density at radius 2 is 2.14 bits per heavy atom. The van der Waals surface area contributed by atoms with Crippen LogP contribution in [0.3, 0.4) is 0 Å². The fraction of sp³-hybridized carbons (Fsp3) is 0.929. The van der Waals surface area contributed by atoms with E-state index in [4.69, 9.17) is 4.74 Å². The number of likely N-dealkylation sites (N-methyl/N-ethyl adjacent to an activating group) is 1. The van der Waals surface area contributed by atoms with E-state index in [2.05, 4.69) is 10.2 Å². The average Bonchev–Trinajstić information content (AvgIpc) is 2.78. The molecule has 0 spiro atoms. The van der Waals surface area contributed by atoms with Crippen LogP contribution in [-0.2, 0) is 19.4 Å². The third-order valence-corrected chi connectivity index (χ3v) is 6.40. The van der Waals surface area contributed by atoms with Crippen molar-refractivity contribution >= 4 is 15.8 Å². The fourth-order valence-electron chi connectivity index (χ4n) is 3.61. The van der Waals surface area contributed by atoms with Crippen LogP contribution in [0.4, 0.5) is 0 Å². The Kier molecular flexibility index (Phi) is 5.27. The van der Waals surface area contributed by atoms with E-state index in [0.29, 0.717) is 19.4 Å². The van der Waals surface area contributed by atoms with Gasteiger partial charge in [0.2, 0.25) is 0 Å². The molecule has 1 heterocycles. The van der Waals surface area contributed by atoms with Gasteiger partial charge in [0.1, 0.15) is 5.54 Å². The zero-order valence-corrected chi connectivity index (χ0v) is 13.7. The second-order valence-corrected chi connectivity index (χ2v) is 8.35. The van der Waals surface area contributed by atoms with Gasteiger partial charge in [-0.25, -0.2) is 8.42 Å². The quantitative estimate of drug-likeness (QED) is 0.745. The van der Waals surface area contributed by atoms with Gasteiger partial charge < -0.3 is 10.1 Å². The number of methoxy groups -OCH3 is 1. The van der Waals surface area contributed by atoms with Crippen molar-refractivity contribution in [2.24, 2.45) is 0 Å². The Labute approximate surface area is 127 Å². The van der Waals surface area contributed by atoms with Gasteiger partial charge in [0.05, 0.1) is 18.6 Å². The summed E-state index contributed by atoms with van der Waals surface area (Å²) in [6.07, 6.45) is 3.04. The van der Waals surface area contributed by atoms with Gasteiger partial charge in [-0.15, -0.1) is 0 Å². The molecule has 2 unspecified atom stereocenters.